The number of hydrogen-bond donors (Lipinski definition) is 5. The van der Waals surface area contributed by atoms with Gasteiger partial charge in [-0.2, -0.15) is 25.5 Å². The molecule has 141 heavy (non-hydrogen) atoms. The van der Waals surface area contributed by atoms with E-state index in [4.69, 9.17) is 31.8 Å². The van der Waals surface area contributed by atoms with E-state index in [9.17, 15) is 22.0 Å². The lowest BCUT2D eigenvalue weighted by Gasteiger charge is -2.27. The second-order valence-electron chi connectivity index (χ2n) is 37.7. The van der Waals surface area contributed by atoms with E-state index in [1.165, 1.54) is 31.0 Å². The molecule has 2 unspecified atom stereocenters. The Kier molecular flexibility index (Phi) is 24.8. The molecule has 5 saturated heterocycles. The van der Waals surface area contributed by atoms with Crippen molar-refractivity contribution in [3.05, 3.63) is 300 Å². The van der Waals surface area contributed by atoms with E-state index in [0.717, 1.165) is 210 Å². The molecule has 0 amide bonds. The SMILES string of the molecule is C.[2H]C1(C)CCc2ncc(F)cc2C2CCCN2c2ccn3ncc(c3n2)C(=C)N1.[2H][C@@]1(C)CCc2ncc(F)cc2[C@@H]2CCCN2c2ccn3ncc(c3n2)C(=C)N1.[2H][C@@]1(C)CCc2ncc(F)cc2[C@H]2CCCN2c2ccn3ncc(c3n2)C(=C)N1.[2H][C@]1(C)CCc2ncc(F)cc2[C@@H]2CCCN2c2ccn3ncc(c3n2)C(=C)N1.[2H][C@]1(C)CCc2ncc(F)cc2[C@H]2CCCN2c2ccn3ncc(c3n2)C(=C)N1. The smallest absolute Gasteiger partial charge is 0.166 e. The van der Waals surface area contributed by atoms with Gasteiger partial charge in [0.1, 0.15) is 58.2 Å². The lowest BCUT2D eigenvalue weighted by molar-refractivity contribution is 0.574. The third kappa shape index (κ3) is 19.1. The fourth-order valence-electron chi connectivity index (χ4n) is 21.4. The molecule has 0 saturated carbocycles. The van der Waals surface area contributed by atoms with Crippen LogP contribution >= 0.6 is 0 Å². The van der Waals surface area contributed by atoms with Gasteiger partial charge in [-0.25, -0.2) is 69.4 Å². The van der Waals surface area contributed by atoms with Gasteiger partial charge in [-0.1, -0.05) is 40.3 Å². The Bertz CT molecular complexity index is 6560. The molecule has 15 aromatic heterocycles. The zero-order chi connectivity index (χ0) is 101. The average Bonchev–Trinajstić information content (AvgIpc) is 1.66. The first kappa shape index (κ1) is 87.7. The minimum Gasteiger partial charge on any atom is -0.382 e. The van der Waals surface area contributed by atoms with Gasteiger partial charge in [-0.3, -0.25) is 24.9 Å². The maximum absolute atomic E-state index is 14.1. The number of halogens is 5. The fourth-order valence-corrected chi connectivity index (χ4v) is 21.4. The number of nitrogens with zero attached hydrogens (tertiary/aromatic N) is 25. The van der Waals surface area contributed by atoms with Gasteiger partial charge in [0, 0.05) is 151 Å². The third-order valence-electron chi connectivity index (χ3n) is 28.3. The van der Waals surface area contributed by atoms with Crippen LogP contribution in [0.25, 0.3) is 56.7 Å². The summed E-state index contributed by atoms with van der Waals surface area (Å²) in [5.41, 5.74) is 19.1. The highest BCUT2D eigenvalue weighted by Gasteiger charge is 2.38. The first-order chi connectivity index (χ1) is 69.6. The number of rotatable bonds is 0. The normalized spacial score (nSPS) is 25.2. The van der Waals surface area contributed by atoms with E-state index < -0.39 is 30.1 Å². The predicted octanol–water partition coefficient (Wildman–Crippen LogP) is 18.1. The van der Waals surface area contributed by atoms with Crippen LogP contribution in [0.4, 0.5) is 51.0 Å². The van der Waals surface area contributed by atoms with E-state index in [1.54, 1.807) is 83.9 Å². The molecule has 728 valence electrons. The van der Waals surface area contributed by atoms with E-state index in [0.29, 0.717) is 121 Å². The zero-order valence-electron chi connectivity index (χ0n) is 84.1. The van der Waals surface area contributed by atoms with Crippen LogP contribution in [0.1, 0.15) is 260 Å². The van der Waals surface area contributed by atoms with Crippen molar-refractivity contribution in [2.75, 3.05) is 57.2 Å². The summed E-state index contributed by atoms with van der Waals surface area (Å²) < 4.78 is 123. The molecule has 0 aromatic carbocycles. The Hall–Kier alpha value is -14.8. The minimum atomic E-state index is -0.959. The lowest BCUT2D eigenvalue weighted by Crippen LogP contribution is -2.26. The van der Waals surface area contributed by atoms with Gasteiger partial charge >= 0.3 is 0 Å². The minimum absolute atomic E-state index is 0. The summed E-state index contributed by atoms with van der Waals surface area (Å²) in [6.45, 7) is 34.0. The van der Waals surface area contributed by atoms with Crippen LogP contribution in [0.5, 0.6) is 0 Å². The molecule has 0 aliphatic carbocycles. The molecule has 15 aromatic rings. The molecule has 10 atom stereocenters. The first-order valence-corrected chi connectivity index (χ1v) is 48.2. The molecule has 25 heterocycles. The van der Waals surface area contributed by atoms with Crippen LogP contribution in [0, 0.1) is 29.1 Å². The largest absolute Gasteiger partial charge is 0.382 e. The highest BCUT2D eigenvalue weighted by molar-refractivity contribution is 5.79. The molecule has 25 rings (SSSR count). The summed E-state index contributed by atoms with van der Waals surface area (Å²) in [7, 11) is 0. The third-order valence-corrected chi connectivity index (χ3v) is 28.3. The maximum atomic E-state index is 14.1. The molecule has 5 fully saturated rings. The van der Waals surface area contributed by atoms with Crippen molar-refractivity contribution in [3.8, 4) is 0 Å². The summed E-state index contributed by atoms with van der Waals surface area (Å²) in [4.78, 5) is 57.5. The molecule has 10 bridgehead atoms. The van der Waals surface area contributed by atoms with Gasteiger partial charge in [-0.05, 0) is 252 Å². The van der Waals surface area contributed by atoms with Gasteiger partial charge in [-0.15, -0.1) is 0 Å². The highest BCUT2D eigenvalue weighted by Crippen LogP contribution is 2.45. The molecule has 30 nitrogen and oxygen atoms in total. The number of nitrogens with one attached hydrogen (secondary N) is 5. The molecule has 10 aliphatic rings. The van der Waals surface area contributed by atoms with Crippen molar-refractivity contribution in [2.24, 2.45) is 0 Å². The van der Waals surface area contributed by atoms with Crippen LogP contribution in [-0.4, -0.2) is 161 Å². The lowest BCUT2D eigenvalue weighted by atomic mass is 9.98. The molecule has 35 heteroatoms. The molecule has 0 spiro atoms. The highest BCUT2D eigenvalue weighted by atomic mass is 19.1. The van der Waals surface area contributed by atoms with Gasteiger partial charge < -0.3 is 51.1 Å². The predicted molar refractivity (Wildman–Crippen MR) is 539 cm³/mol. The molecular weight excluding hydrogens is 1790 g/mol. The number of aryl methyl sites for hydroxylation is 5. The van der Waals surface area contributed by atoms with E-state index >= 15 is 0 Å². The summed E-state index contributed by atoms with van der Waals surface area (Å²) >= 11 is 0. The van der Waals surface area contributed by atoms with Crippen molar-refractivity contribution in [3.63, 3.8) is 0 Å². The summed E-state index contributed by atoms with van der Waals surface area (Å²) in [5.74, 6) is 2.50. The fraction of sp³-hybridized carbons (Fsp3) is 0.387. The second-order valence-corrected chi connectivity index (χ2v) is 37.7. The Balaban J connectivity index is 0.000000111. The Morgan fingerprint density at radius 3 is 0.631 bits per heavy atom. The van der Waals surface area contributed by atoms with Crippen molar-refractivity contribution < 1.29 is 28.8 Å². The summed E-state index contributed by atoms with van der Waals surface area (Å²) in [5, 5.41) is 37.9. The quantitative estimate of drug-likeness (QED) is 0.0882. The first-order valence-electron chi connectivity index (χ1n) is 50.7. The van der Waals surface area contributed by atoms with Crippen LogP contribution in [0.3, 0.4) is 0 Å². The van der Waals surface area contributed by atoms with Gasteiger partial charge in [0.05, 0.1) is 127 Å². The number of hydrogen-bond acceptors (Lipinski definition) is 25. The van der Waals surface area contributed by atoms with Crippen LogP contribution in [0.15, 0.2) is 187 Å². The standard InChI is InChI=1S/5C21H23FN6.CH4/c5*1-13-5-6-18-16(10-15(22)11-23-18)19-4-3-8-27(19)20-7-9-28-21(26-20)17(12-24-28)14(2)25-13;/h5*7,9-13,19,25H,2-6,8H2,1H3;1H4/t2*13-,19+;2*13-,19-;;/m1010../s1/i5*13D;. The summed E-state index contributed by atoms with van der Waals surface area (Å²) in [6, 6.07) is 13.0. The second kappa shape index (κ2) is 39.8. The van der Waals surface area contributed by atoms with Crippen molar-refractivity contribution >= 4 is 85.8 Å². The average molecular weight is 1910 g/mol. The number of aromatic nitrogens is 20. The number of fused-ring (bicyclic) bond motifs is 25. The van der Waals surface area contributed by atoms with Gasteiger partial charge in [0.25, 0.3) is 0 Å². The Morgan fingerprint density at radius 2 is 0.454 bits per heavy atom. The Labute approximate surface area is 822 Å². The van der Waals surface area contributed by atoms with Gasteiger partial charge in [0.15, 0.2) is 28.2 Å². The molecular formula is C106H119F5N30. The van der Waals surface area contributed by atoms with Crippen LogP contribution < -0.4 is 51.1 Å². The van der Waals surface area contributed by atoms with Crippen molar-refractivity contribution in [2.45, 2.75) is 231 Å². The molecule has 5 N–H and O–H groups in total. The monoisotopic (exact) mass is 1910 g/mol. The summed E-state index contributed by atoms with van der Waals surface area (Å²) in [6.07, 6.45) is 39.5. The zero-order valence-corrected chi connectivity index (χ0v) is 79.1. The van der Waals surface area contributed by atoms with Gasteiger partial charge in [0.2, 0.25) is 0 Å². The van der Waals surface area contributed by atoms with Crippen LogP contribution in [0.2, 0.25) is 0 Å². The number of pyridine rings is 5. The van der Waals surface area contributed by atoms with Crippen molar-refractivity contribution in [1.29, 1.82) is 0 Å². The maximum Gasteiger partial charge on any atom is 0.166 e. The number of anilines is 5. The Morgan fingerprint density at radius 1 is 0.277 bits per heavy atom. The van der Waals surface area contributed by atoms with Crippen LogP contribution in [-0.2, 0) is 32.1 Å². The topological polar surface area (TPSA) is 292 Å². The molecule has 10 aliphatic heterocycles. The van der Waals surface area contributed by atoms with E-state index in [-0.39, 0.29) is 66.7 Å². The van der Waals surface area contributed by atoms with E-state index in [2.05, 4.69) is 134 Å². The van der Waals surface area contributed by atoms with E-state index in [1.807, 2.05) is 95.9 Å². The molecule has 0 radical (unpaired) electrons. The van der Waals surface area contributed by atoms with Crippen molar-refractivity contribution in [1.82, 2.24) is 124 Å².